The van der Waals surface area contributed by atoms with E-state index in [1.165, 1.54) is 17.4 Å². The first-order valence-electron chi connectivity index (χ1n) is 15.9. The van der Waals surface area contributed by atoms with Gasteiger partial charge in [0.05, 0.1) is 20.8 Å². The summed E-state index contributed by atoms with van der Waals surface area (Å²) in [6.07, 6.45) is 6.14. The number of urea groups is 1. The fraction of sp³-hybridized carbons (Fsp3) is 0.400. The molecule has 1 aliphatic rings. The molecule has 5 rings (SSSR count). The van der Waals surface area contributed by atoms with Crippen LogP contribution in [0.15, 0.2) is 54.9 Å². The van der Waals surface area contributed by atoms with E-state index in [1.807, 2.05) is 39.0 Å². The van der Waals surface area contributed by atoms with Crippen LogP contribution >= 0.6 is 11.3 Å². The van der Waals surface area contributed by atoms with Crippen molar-refractivity contribution in [2.75, 3.05) is 26.2 Å². The van der Waals surface area contributed by atoms with Crippen molar-refractivity contribution >= 4 is 39.3 Å². The SMILES string of the molecule is CCCC(=O)N1CC(CC(=O)Cc2ccc(Oc3ccnc4cc(-c5ccc(CN(CCC)C(=O)NCC)cn5)sc34)c(F)c2)C1. The number of nitrogens with zero attached hydrogens (tertiary/aromatic N) is 4. The number of carbonyl (C=O) groups is 3. The van der Waals surface area contributed by atoms with Crippen LogP contribution < -0.4 is 10.1 Å². The molecule has 4 aromatic rings. The summed E-state index contributed by atoms with van der Waals surface area (Å²) >= 11 is 1.45. The molecular formula is C35H40FN5O4S. The molecule has 1 fully saturated rings. The molecule has 0 spiro atoms. The number of benzene rings is 1. The fourth-order valence-electron chi connectivity index (χ4n) is 5.54. The predicted octanol–water partition coefficient (Wildman–Crippen LogP) is 6.99. The second-order valence-electron chi connectivity index (χ2n) is 11.6. The van der Waals surface area contributed by atoms with E-state index in [-0.39, 0.29) is 35.8 Å². The summed E-state index contributed by atoms with van der Waals surface area (Å²) in [6.45, 7) is 8.86. The molecule has 3 aromatic heterocycles. The zero-order valence-corrected chi connectivity index (χ0v) is 27.4. The molecule has 1 aliphatic heterocycles. The summed E-state index contributed by atoms with van der Waals surface area (Å²) < 4.78 is 21.9. The van der Waals surface area contributed by atoms with E-state index in [0.29, 0.717) is 62.4 Å². The highest BCUT2D eigenvalue weighted by molar-refractivity contribution is 7.22. The van der Waals surface area contributed by atoms with E-state index >= 15 is 4.39 Å². The van der Waals surface area contributed by atoms with Crippen LogP contribution in [0, 0.1) is 11.7 Å². The fourth-order valence-corrected chi connectivity index (χ4v) is 6.59. The minimum Gasteiger partial charge on any atom is -0.453 e. The van der Waals surface area contributed by atoms with Gasteiger partial charge in [-0.25, -0.2) is 9.18 Å². The third-order valence-electron chi connectivity index (χ3n) is 7.84. The third-order valence-corrected chi connectivity index (χ3v) is 9.00. The van der Waals surface area contributed by atoms with E-state index in [1.54, 1.807) is 40.4 Å². The van der Waals surface area contributed by atoms with Gasteiger partial charge in [0.15, 0.2) is 11.6 Å². The van der Waals surface area contributed by atoms with E-state index in [2.05, 4.69) is 15.3 Å². The van der Waals surface area contributed by atoms with Crippen molar-refractivity contribution in [1.29, 1.82) is 0 Å². The van der Waals surface area contributed by atoms with Crippen molar-refractivity contribution in [1.82, 2.24) is 25.1 Å². The quantitative estimate of drug-likeness (QED) is 0.159. The lowest BCUT2D eigenvalue weighted by Gasteiger charge is -2.39. The van der Waals surface area contributed by atoms with Gasteiger partial charge in [-0.05, 0) is 55.2 Å². The number of ether oxygens (including phenoxy) is 1. The first-order chi connectivity index (χ1) is 22.3. The van der Waals surface area contributed by atoms with Crippen molar-refractivity contribution in [3.63, 3.8) is 0 Å². The second-order valence-corrected chi connectivity index (χ2v) is 12.7. The summed E-state index contributed by atoms with van der Waals surface area (Å²) in [4.78, 5) is 50.5. The van der Waals surface area contributed by atoms with Gasteiger partial charge in [0.25, 0.3) is 0 Å². The van der Waals surface area contributed by atoms with Crippen LogP contribution in [0.25, 0.3) is 20.8 Å². The van der Waals surface area contributed by atoms with Crippen molar-refractivity contribution in [2.24, 2.45) is 5.92 Å². The lowest BCUT2D eigenvalue weighted by atomic mass is 9.91. The summed E-state index contributed by atoms with van der Waals surface area (Å²) in [5.74, 6) is 0.343. The summed E-state index contributed by atoms with van der Waals surface area (Å²) in [7, 11) is 0. The van der Waals surface area contributed by atoms with E-state index < -0.39 is 5.82 Å². The molecule has 1 aromatic carbocycles. The maximum atomic E-state index is 15.1. The number of thiophene rings is 1. The van der Waals surface area contributed by atoms with Gasteiger partial charge >= 0.3 is 6.03 Å². The number of halogens is 1. The normalized spacial score (nSPS) is 13.0. The summed E-state index contributed by atoms with van der Waals surface area (Å²) in [5.41, 5.74) is 2.99. The summed E-state index contributed by atoms with van der Waals surface area (Å²) in [6, 6.07) is 12.1. The van der Waals surface area contributed by atoms with Gasteiger partial charge < -0.3 is 19.9 Å². The standard InChI is InChI=1S/C35H40FN5O4S/c1-4-7-33(43)41-21-25(22-41)16-26(42)15-23-9-11-30(27(36)17-23)45-31-12-13-38-29-18-32(46-34(29)31)28-10-8-24(19-39-28)20-40(14-5-2)35(44)37-6-3/h8-13,17-19,25H,4-7,14-16,20-22H2,1-3H3,(H,37,44). The largest absolute Gasteiger partial charge is 0.453 e. The van der Waals surface area contributed by atoms with Crippen molar-refractivity contribution in [2.45, 2.75) is 59.4 Å². The molecule has 46 heavy (non-hydrogen) atoms. The number of amides is 3. The number of fused-ring (bicyclic) bond motifs is 1. The first-order valence-corrected chi connectivity index (χ1v) is 16.7. The molecule has 0 saturated carbocycles. The Bertz CT molecular complexity index is 1690. The van der Waals surface area contributed by atoms with Crippen LogP contribution in [0.1, 0.15) is 57.6 Å². The highest BCUT2D eigenvalue weighted by Gasteiger charge is 2.31. The lowest BCUT2D eigenvalue weighted by Crippen LogP contribution is -2.50. The van der Waals surface area contributed by atoms with Gasteiger partial charge in [0, 0.05) is 76.4 Å². The average molecular weight is 646 g/mol. The Labute approximate surface area is 272 Å². The number of nitrogens with one attached hydrogen (secondary N) is 1. The third kappa shape index (κ3) is 8.06. The van der Waals surface area contributed by atoms with Gasteiger partial charge in [0.1, 0.15) is 11.5 Å². The topological polar surface area (TPSA) is 105 Å². The van der Waals surface area contributed by atoms with Crippen LogP contribution in [0.3, 0.4) is 0 Å². The van der Waals surface area contributed by atoms with Crippen molar-refractivity contribution in [3.8, 4) is 22.1 Å². The summed E-state index contributed by atoms with van der Waals surface area (Å²) in [5, 5.41) is 2.86. The maximum absolute atomic E-state index is 15.1. The number of Topliss-reactive ketones (excluding diaryl/α,β-unsaturated/α-hetero) is 1. The van der Waals surface area contributed by atoms with E-state index in [0.717, 1.165) is 33.7 Å². The number of carbonyl (C=O) groups excluding carboxylic acids is 3. The molecule has 4 heterocycles. The molecule has 0 atom stereocenters. The molecular weight excluding hydrogens is 605 g/mol. The number of hydrogen-bond acceptors (Lipinski definition) is 7. The Morgan fingerprint density at radius 2 is 1.83 bits per heavy atom. The molecule has 242 valence electrons. The van der Waals surface area contributed by atoms with E-state index in [9.17, 15) is 14.4 Å². The minimum atomic E-state index is -0.547. The molecule has 1 N–H and O–H groups in total. The number of hydrogen-bond donors (Lipinski definition) is 1. The first kappa shape index (κ1) is 33.0. The monoisotopic (exact) mass is 645 g/mol. The van der Waals surface area contributed by atoms with Gasteiger partial charge in [-0.3, -0.25) is 19.6 Å². The zero-order chi connectivity index (χ0) is 32.6. The van der Waals surface area contributed by atoms with Gasteiger partial charge in [-0.2, -0.15) is 0 Å². The molecule has 0 radical (unpaired) electrons. The zero-order valence-electron chi connectivity index (χ0n) is 26.6. The molecule has 0 aliphatic carbocycles. The number of rotatable bonds is 14. The lowest BCUT2D eigenvalue weighted by molar-refractivity contribution is -0.139. The molecule has 0 bridgehead atoms. The molecule has 11 heteroatoms. The van der Waals surface area contributed by atoms with Crippen molar-refractivity contribution < 1.29 is 23.5 Å². The number of aromatic nitrogens is 2. The Balaban J connectivity index is 1.22. The maximum Gasteiger partial charge on any atom is 0.317 e. The van der Waals surface area contributed by atoms with E-state index in [4.69, 9.17) is 4.74 Å². The molecule has 3 amide bonds. The minimum absolute atomic E-state index is 0.0320. The smallest absolute Gasteiger partial charge is 0.317 e. The average Bonchev–Trinajstić information content (AvgIpc) is 3.46. The second kappa shape index (κ2) is 15.3. The molecule has 1 saturated heterocycles. The van der Waals surface area contributed by atoms with Crippen LogP contribution in [-0.4, -0.2) is 63.7 Å². The molecule has 0 unspecified atom stereocenters. The molecule has 9 nitrogen and oxygen atoms in total. The Morgan fingerprint density at radius 3 is 2.52 bits per heavy atom. The van der Waals surface area contributed by atoms with Crippen molar-refractivity contribution in [3.05, 3.63) is 71.8 Å². The Morgan fingerprint density at radius 1 is 1.02 bits per heavy atom. The highest BCUT2D eigenvalue weighted by Crippen LogP contribution is 2.39. The van der Waals surface area contributed by atoms with Gasteiger partial charge in [-0.15, -0.1) is 11.3 Å². The van der Waals surface area contributed by atoms with Gasteiger partial charge in [-0.1, -0.05) is 26.0 Å². The predicted molar refractivity (Wildman–Crippen MR) is 177 cm³/mol. The number of ketones is 1. The van der Waals surface area contributed by atoms with Crippen LogP contribution in [0.5, 0.6) is 11.5 Å². The number of likely N-dealkylation sites (tertiary alicyclic amines) is 1. The van der Waals surface area contributed by atoms with Crippen LogP contribution in [0.4, 0.5) is 9.18 Å². The Hall–Kier alpha value is -4.38. The number of pyridine rings is 2. The van der Waals surface area contributed by atoms with Crippen LogP contribution in [0.2, 0.25) is 0 Å². The highest BCUT2D eigenvalue weighted by atomic mass is 32.1. The van der Waals surface area contributed by atoms with Gasteiger partial charge in [0.2, 0.25) is 5.91 Å². The van der Waals surface area contributed by atoms with Crippen LogP contribution in [-0.2, 0) is 22.6 Å². The Kier molecular flexibility index (Phi) is 11.0.